The molecular formula is C13H29N3O. The Kier molecular flexibility index (Phi) is 6.41. The maximum absolute atomic E-state index is 5.00. The Morgan fingerprint density at radius 2 is 1.71 bits per heavy atom. The molecule has 4 nitrogen and oxygen atoms in total. The summed E-state index contributed by atoms with van der Waals surface area (Å²) in [4.78, 5) is 5.11. The highest BCUT2D eigenvalue weighted by molar-refractivity contribution is 4.81. The van der Waals surface area contributed by atoms with Gasteiger partial charge in [0.1, 0.15) is 0 Å². The minimum absolute atomic E-state index is 0.322. The molecule has 17 heavy (non-hydrogen) atoms. The molecule has 1 aliphatic rings. The Bertz CT molecular complexity index is 195. The average molecular weight is 243 g/mol. The van der Waals surface area contributed by atoms with E-state index in [0.717, 1.165) is 26.2 Å². The minimum atomic E-state index is 0.322. The highest BCUT2D eigenvalue weighted by atomic mass is 16.5. The molecule has 0 amide bonds. The van der Waals surface area contributed by atoms with Crippen molar-refractivity contribution in [3.05, 3.63) is 0 Å². The van der Waals surface area contributed by atoms with Crippen molar-refractivity contribution in [1.29, 1.82) is 0 Å². The van der Waals surface area contributed by atoms with E-state index >= 15 is 0 Å². The van der Waals surface area contributed by atoms with Crippen LogP contribution in [-0.2, 0) is 4.74 Å². The molecule has 1 saturated heterocycles. The molecule has 0 aliphatic carbocycles. The van der Waals surface area contributed by atoms with Crippen LogP contribution in [0.2, 0.25) is 0 Å². The number of hydrogen-bond acceptors (Lipinski definition) is 4. The second-order valence-electron chi connectivity index (χ2n) is 5.74. The lowest BCUT2D eigenvalue weighted by atomic mass is 10.1. The first-order chi connectivity index (χ1) is 8.04. The number of rotatable bonds is 6. The molecule has 0 aromatic heterocycles. The van der Waals surface area contributed by atoms with Gasteiger partial charge in [0.05, 0.1) is 6.61 Å². The fourth-order valence-electron chi connectivity index (χ4n) is 2.18. The van der Waals surface area contributed by atoms with Crippen molar-refractivity contribution >= 4 is 0 Å². The number of ether oxygens (including phenoxy) is 1. The van der Waals surface area contributed by atoms with Gasteiger partial charge < -0.3 is 10.1 Å². The van der Waals surface area contributed by atoms with Crippen LogP contribution in [0, 0.1) is 0 Å². The van der Waals surface area contributed by atoms with E-state index in [-0.39, 0.29) is 0 Å². The molecule has 1 heterocycles. The Hall–Kier alpha value is -0.160. The predicted molar refractivity (Wildman–Crippen MR) is 72.5 cm³/mol. The van der Waals surface area contributed by atoms with Crippen molar-refractivity contribution in [3.8, 4) is 0 Å². The number of methoxy groups -OCH3 is 1. The lowest BCUT2D eigenvalue weighted by Crippen LogP contribution is -2.54. The number of hydrogen-bond donors (Lipinski definition) is 1. The highest BCUT2D eigenvalue weighted by Crippen LogP contribution is 2.15. The van der Waals surface area contributed by atoms with Crippen molar-refractivity contribution in [1.82, 2.24) is 15.1 Å². The van der Waals surface area contributed by atoms with Gasteiger partial charge in [-0.25, -0.2) is 0 Å². The van der Waals surface area contributed by atoms with Crippen molar-refractivity contribution in [3.63, 3.8) is 0 Å². The van der Waals surface area contributed by atoms with E-state index in [1.807, 2.05) is 0 Å². The second-order valence-corrected chi connectivity index (χ2v) is 5.74. The van der Waals surface area contributed by atoms with Gasteiger partial charge in [-0.05, 0) is 20.8 Å². The summed E-state index contributed by atoms with van der Waals surface area (Å²) < 4.78 is 5.00. The van der Waals surface area contributed by atoms with Crippen LogP contribution in [0.4, 0.5) is 0 Å². The van der Waals surface area contributed by atoms with Gasteiger partial charge in [-0.3, -0.25) is 9.80 Å². The molecule has 0 unspecified atom stereocenters. The molecule has 1 aliphatic heterocycles. The van der Waals surface area contributed by atoms with Crippen LogP contribution in [0.5, 0.6) is 0 Å². The lowest BCUT2D eigenvalue weighted by Gasteiger charge is -2.42. The quantitative estimate of drug-likeness (QED) is 0.693. The van der Waals surface area contributed by atoms with Crippen LogP contribution in [0.3, 0.4) is 0 Å². The van der Waals surface area contributed by atoms with Gasteiger partial charge in [0, 0.05) is 58.5 Å². The summed E-state index contributed by atoms with van der Waals surface area (Å²) in [5.74, 6) is 0. The molecule has 0 spiro atoms. The molecule has 0 bridgehead atoms. The van der Waals surface area contributed by atoms with E-state index in [1.54, 1.807) is 7.11 Å². The van der Waals surface area contributed by atoms with Crippen LogP contribution in [0.15, 0.2) is 0 Å². The monoisotopic (exact) mass is 243 g/mol. The van der Waals surface area contributed by atoms with Gasteiger partial charge in [-0.1, -0.05) is 0 Å². The molecule has 0 atom stereocenters. The summed E-state index contributed by atoms with van der Waals surface area (Å²) >= 11 is 0. The van der Waals surface area contributed by atoms with Crippen molar-refractivity contribution in [2.75, 3.05) is 59.5 Å². The summed E-state index contributed by atoms with van der Waals surface area (Å²) in [6.45, 7) is 15.7. The van der Waals surface area contributed by atoms with Gasteiger partial charge in [-0.2, -0.15) is 0 Å². The topological polar surface area (TPSA) is 27.7 Å². The first kappa shape index (κ1) is 14.9. The van der Waals surface area contributed by atoms with Crippen LogP contribution in [0.25, 0.3) is 0 Å². The highest BCUT2D eigenvalue weighted by Gasteiger charge is 2.25. The largest absolute Gasteiger partial charge is 0.383 e. The summed E-state index contributed by atoms with van der Waals surface area (Å²) in [5, 5.41) is 3.39. The lowest BCUT2D eigenvalue weighted by molar-refractivity contribution is 0.0626. The smallest absolute Gasteiger partial charge is 0.0587 e. The second kappa shape index (κ2) is 7.31. The fraction of sp³-hybridized carbons (Fsp3) is 1.00. The van der Waals surface area contributed by atoms with Gasteiger partial charge in [0.15, 0.2) is 0 Å². The Morgan fingerprint density at radius 3 is 2.24 bits per heavy atom. The maximum Gasteiger partial charge on any atom is 0.0587 e. The SMILES string of the molecule is COCCNCCN1CCN(C(C)(C)C)CC1. The van der Waals surface area contributed by atoms with E-state index in [1.165, 1.54) is 26.2 Å². The third-order valence-electron chi connectivity index (χ3n) is 3.41. The minimum Gasteiger partial charge on any atom is -0.383 e. The average Bonchev–Trinajstić information content (AvgIpc) is 2.28. The van der Waals surface area contributed by atoms with E-state index in [0.29, 0.717) is 5.54 Å². The molecule has 0 aromatic rings. The number of piperazine rings is 1. The van der Waals surface area contributed by atoms with Crippen LogP contribution >= 0.6 is 0 Å². The standard InChI is InChI=1S/C13H29N3O/c1-13(2,3)16-10-8-15(9-11-16)7-5-14-6-12-17-4/h14H,5-12H2,1-4H3. The third-order valence-corrected chi connectivity index (χ3v) is 3.41. The molecule has 0 radical (unpaired) electrons. The summed E-state index contributed by atoms with van der Waals surface area (Å²) in [6.07, 6.45) is 0. The first-order valence-electron chi connectivity index (χ1n) is 6.71. The van der Waals surface area contributed by atoms with Crippen molar-refractivity contribution in [2.45, 2.75) is 26.3 Å². The van der Waals surface area contributed by atoms with Gasteiger partial charge >= 0.3 is 0 Å². The molecular weight excluding hydrogens is 214 g/mol. The van der Waals surface area contributed by atoms with Crippen LogP contribution < -0.4 is 5.32 Å². The Labute approximate surface area is 106 Å². The first-order valence-corrected chi connectivity index (χ1v) is 6.71. The van der Waals surface area contributed by atoms with Gasteiger partial charge in [-0.15, -0.1) is 0 Å². The zero-order chi connectivity index (χ0) is 12.7. The van der Waals surface area contributed by atoms with Crippen LogP contribution in [-0.4, -0.2) is 74.9 Å². The molecule has 1 fully saturated rings. The third kappa shape index (κ3) is 5.82. The van der Waals surface area contributed by atoms with Gasteiger partial charge in [0.2, 0.25) is 0 Å². The van der Waals surface area contributed by atoms with Crippen molar-refractivity contribution in [2.24, 2.45) is 0 Å². The number of nitrogens with one attached hydrogen (secondary N) is 1. The summed E-state index contributed by atoms with van der Waals surface area (Å²) in [6, 6.07) is 0. The van der Waals surface area contributed by atoms with Gasteiger partial charge in [0.25, 0.3) is 0 Å². The van der Waals surface area contributed by atoms with E-state index in [4.69, 9.17) is 4.74 Å². The molecule has 4 heteroatoms. The summed E-state index contributed by atoms with van der Waals surface area (Å²) in [5.41, 5.74) is 0.322. The Balaban J connectivity index is 2.07. The fourth-order valence-corrected chi connectivity index (χ4v) is 2.18. The Morgan fingerprint density at radius 1 is 1.06 bits per heavy atom. The maximum atomic E-state index is 5.00. The molecule has 0 saturated carbocycles. The van der Waals surface area contributed by atoms with Crippen LogP contribution in [0.1, 0.15) is 20.8 Å². The summed E-state index contributed by atoms with van der Waals surface area (Å²) in [7, 11) is 1.74. The zero-order valence-corrected chi connectivity index (χ0v) is 12.0. The van der Waals surface area contributed by atoms with E-state index in [2.05, 4.69) is 35.9 Å². The van der Waals surface area contributed by atoms with Crippen molar-refractivity contribution < 1.29 is 4.74 Å². The predicted octanol–water partition coefficient (Wildman–Crippen LogP) is 0.639. The molecule has 102 valence electrons. The molecule has 1 rings (SSSR count). The number of nitrogens with zero attached hydrogens (tertiary/aromatic N) is 2. The molecule has 0 aromatic carbocycles. The normalized spacial score (nSPS) is 19.8. The van der Waals surface area contributed by atoms with E-state index in [9.17, 15) is 0 Å². The zero-order valence-electron chi connectivity index (χ0n) is 12.0. The molecule has 1 N–H and O–H groups in total. The van der Waals surface area contributed by atoms with E-state index < -0.39 is 0 Å².